The maximum atomic E-state index is 12.8. The van der Waals surface area contributed by atoms with E-state index in [2.05, 4.69) is 26.6 Å². The standard InChI is InChI=1S/C21H33N5O2/c1-2-22-21(23-10-6-11-25-13-15-28-16-14-25)24-17-20(27)26-12-5-8-18-7-3-4-9-19(18)26/h3-4,7,9H,2,5-6,8,10-17H2,1H3,(H2,22,23,24). The van der Waals surface area contributed by atoms with Gasteiger partial charge in [0.15, 0.2) is 5.96 Å². The van der Waals surface area contributed by atoms with Crippen molar-refractivity contribution < 1.29 is 9.53 Å². The minimum absolute atomic E-state index is 0.0534. The molecular formula is C21H33N5O2. The van der Waals surface area contributed by atoms with Crippen LogP contribution in [0.1, 0.15) is 25.3 Å². The Morgan fingerprint density at radius 3 is 2.82 bits per heavy atom. The quantitative estimate of drug-likeness (QED) is 0.419. The number of anilines is 1. The molecule has 0 bridgehead atoms. The summed E-state index contributed by atoms with van der Waals surface area (Å²) in [5.41, 5.74) is 2.29. The summed E-state index contributed by atoms with van der Waals surface area (Å²) in [6.45, 7) is 9.33. The number of hydrogen-bond acceptors (Lipinski definition) is 4. The van der Waals surface area contributed by atoms with E-state index in [1.165, 1.54) is 5.56 Å². The van der Waals surface area contributed by atoms with Crippen LogP contribution >= 0.6 is 0 Å². The Bertz CT molecular complexity index is 658. The van der Waals surface area contributed by atoms with E-state index in [0.717, 1.165) is 77.4 Å². The number of nitrogens with one attached hydrogen (secondary N) is 2. The highest BCUT2D eigenvalue weighted by molar-refractivity contribution is 5.97. The van der Waals surface area contributed by atoms with Crippen LogP contribution in [0.5, 0.6) is 0 Å². The maximum Gasteiger partial charge on any atom is 0.248 e. The van der Waals surface area contributed by atoms with Gasteiger partial charge in [-0.3, -0.25) is 9.69 Å². The van der Waals surface area contributed by atoms with Gasteiger partial charge >= 0.3 is 0 Å². The molecule has 1 aromatic rings. The Morgan fingerprint density at radius 2 is 2.00 bits per heavy atom. The van der Waals surface area contributed by atoms with Gasteiger partial charge in [-0.15, -0.1) is 0 Å². The van der Waals surface area contributed by atoms with E-state index in [0.29, 0.717) is 5.96 Å². The number of rotatable bonds is 7. The first-order valence-corrected chi connectivity index (χ1v) is 10.5. The van der Waals surface area contributed by atoms with Crippen molar-refractivity contribution in [3.8, 4) is 0 Å². The predicted octanol–water partition coefficient (Wildman–Crippen LogP) is 1.24. The summed E-state index contributed by atoms with van der Waals surface area (Å²) < 4.78 is 5.38. The Morgan fingerprint density at radius 1 is 1.18 bits per heavy atom. The fourth-order valence-corrected chi connectivity index (χ4v) is 3.70. The molecule has 0 radical (unpaired) electrons. The molecule has 7 nitrogen and oxygen atoms in total. The number of nitrogens with zero attached hydrogens (tertiary/aromatic N) is 3. The summed E-state index contributed by atoms with van der Waals surface area (Å²) in [7, 11) is 0. The summed E-state index contributed by atoms with van der Waals surface area (Å²) in [6, 6.07) is 8.17. The number of aryl methyl sites for hydroxylation is 1. The number of fused-ring (bicyclic) bond motifs is 1. The number of hydrogen-bond donors (Lipinski definition) is 2. The van der Waals surface area contributed by atoms with E-state index in [1.807, 2.05) is 30.0 Å². The van der Waals surface area contributed by atoms with Crippen molar-refractivity contribution in [2.75, 3.05) is 63.9 Å². The number of ether oxygens (including phenoxy) is 1. The van der Waals surface area contributed by atoms with E-state index < -0.39 is 0 Å². The second-order valence-electron chi connectivity index (χ2n) is 7.21. The second kappa shape index (κ2) is 11.0. The highest BCUT2D eigenvalue weighted by Crippen LogP contribution is 2.26. The molecule has 0 unspecified atom stereocenters. The van der Waals surface area contributed by atoms with E-state index in [-0.39, 0.29) is 12.5 Å². The monoisotopic (exact) mass is 387 g/mol. The molecular weight excluding hydrogens is 354 g/mol. The summed E-state index contributed by atoms with van der Waals surface area (Å²) in [5.74, 6) is 0.765. The Hall–Kier alpha value is -2.12. The van der Waals surface area contributed by atoms with Crippen molar-refractivity contribution in [1.82, 2.24) is 15.5 Å². The number of amides is 1. The van der Waals surface area contributed by atoms with Gasteiger partial charge in [-0.1, -0.05) is 18.2 Å². The lowest BCUT2D eigenvalue weighted by Crippen LogP contribution is -2.42. The minimum Gasteiger partial charge on any atom is -0.379 e. The molecule has 3 rings (SSSR count). The third-order valence-corrected chi connectivity index (χ3v) is 5.18. The minimum atomic E-state index is 0.0534. The SMILES string of the molecule is CCNC(=NCC(=O)N1CCCc2ccccc21)NCCCN1CCOCC1. The molecule has 0 saturated carbocycles. The third kappa shape index (κ3) is 5.94. The van der Waals surface area contributed by atoms with Crippen LogP contribution in [0.2, 0.25) is 0 Å². The van der Waals surface area contributed by atoms with E-state index in [4.69, 9.17) is 4.74 Å². The van der Waals surface area contributed by atoms with Gasteiger partial charge in [0.25, 0.3) is 0 Å². The molecule has 2 aliphatic heterocycles. The predicted molar refractivity (Wildman–Crippen MR) is 113 cm³/mol. The average molecular weight is 388 g/mol. The molecule has 1 amide bonds. The van der Waals surface area contributed by atoms with Gasteiger partial charge in [0.1, 0.15) is 6.54 Å². The number of benzene rings is 1. The van der Waals surface area contributed by atoms with Crippen LogP contribution in [0.3, 0.4) is 0 Å². The molecule has 2 aliphatic rings. The zero-order valence-electron chi connectivity index (χ0n) is 17.0. The summed E-state index contributed by atoms with van der Waals surface area (Å²) in [5, 5.41) is 6.58. The first-order chi connectivity index (χ1) is 13.8. The number of guanidine groups is 1. The van der Waals surface area contributed by atoms with Crippen LogP contribution in [0.4, 0.5) is 5.69 Å². The molecule has 0 spiro atoms. The van der Waals surface area contributed by atoms with Crippen molar-refractivity contribution in [3.05, 3.63) is 29.8 Å². The fraction of sp³-hybridized carbons (Fsp3) is 0.619. The van der Waals surface area contributed by atoms with Gasteiger partial charge < -0.3 is 20.3 Å². The normalized spacial score (nSPS) is 17.9. The molecule has 1 aromatic carbocycles. The number of carbonyl (C=O) groups excluding carboxylic acids is 1. The Kier molecular flexibility index (Phi) is 8.11. The second-order valence-corrected chi connectivity index (χ2v) is 7.21. The zero-order chi connectivity index (χ0) is 19.6. The fourth-order valence-electron chi connectivity index (χ4n) is 3.70. The maximum absolute atomic E-state index is 12.8. The Labute approximate surface area is 168 Å². The van der Waals surface area contributed by atoms with Crippen LogP contribution in [-0.2, 0) is 16.0 Å². The topological polar surface area (TPSA) is 69.2 Å². The number of aliphatic imine (C=N–C) groups is 1. The Balaban J connectivity index is 1.47. The number of carbonyl (C=O) groups is 1. The van der Waals surface area contributed by atoms with Gasteiger partial charge in [0.2, 0.25) is 5.91 Å². The van der Waals surface area contributed by atoms with Gasteiger partial charge in [0, 0.05) is 38.4 Å². The molecule has 28 heavy (non-hydrogen) atoms. The highest BCUT2D eigenvalue weighted by atomic mass is 16.5. The third-order valence-electron chi connectivity index (χ3n) is 5.18. The van der Waals surface area contributed by atoms with E-state index >= 15 is 0 Å². The summed E-state index contributed by atoms with van der Waals surface area (Å²) >= 11 is 0. The first kappa shape index (κ1) is 20.6. The lowest BCUT2D eigenvalue weighted by molar-refractivity contribution is -0.117. The number of morpholine rings is 1. The van der Waals surface area contributed by atoms with Gasteiger partial charge in [-0.25, -0.2) is 4.99 Å². The summed E-state index contributed by atoms with van der Waals surface area (Å²) in [6.07, 6.45) is 3.08. The van der Waals surface area contributed by atoms with Crippen molar-refractivity contribution in [1.29, 1.82) is 0 Å². The summed E-state index contributed by atoms with van der Waals surface area (Å²) in [4.78, 5) is 21.6. The van der Waals surface area contributed by atoms with Crippen LogP contribution < -0.4 is 15.5 Å². The first-order valence-electron chi connectivity index (χ1n) is 10.5. The van der Waals surface area contributed by atoms with Crippen LogP contribution in [-0.4, -0.2) is 75.8 Å². The van der Waals surface area contributed by atoms with E-state index in [9.17, 15) is 4.79 Å². The molecule has 1 fully saturated rings. The van der Waals surface area contributed by atoms with Crippen molar-refractivity contribution in [2.24, 2.45) is 4.99 Å². The zero-order valence-corrected chi connectivity index (χ0v) is 17.0. The van der Waals surface area contributed by atoms with Crippen LogP contribution in [0, 0.1) is 0 Å². The largest absolute Gasteiger partial charge is 0.379 e. The molecule has 0 aliphatic carbocycles. The molecule has 154 valence electrons. The molecule has 7 heteroatoms. The van der Waals surface area contributed by atoms with Crippen LogP contribution in [0.25, 0.3) is 0 Å². The average Bonchev–Trinajstić information content (AvgIpc) is 2.75. The van der Waals surface area contributed by atoms with Gasteiger partial charge in [0.05, 0.1) is 13.2 Å². The van der Waals surface area contributed by atoms with Gasteiger partial charge in [-0.2, -0.15) is 0 Å². The lowest BCUT2D eigenvalue weighted by atomic mass is 10.0. The van der Waals surface area contributed by atoms with Crippen LogP contribution in [0.15, 0.2) is 29.3 Å². The lowest BCUT2D eigenvalue weighted by Gasteiger charge is -2.29. The molecule has 0 aromatic heterocycles. The van der Waals surface area contributed by atoms with Crippen molar-refractivity contribution in [2.45, 2.75) is 26.2 Å². The highest BCUT2D eigenvalue weighted by Gasteiger charge is 2.21. The van der Waals surface area contributed by atoms with Gasteiger partial charge in [-0.05, 0) is 44.4 Å². The molecule has 2 heterocycles. The molecule has 2 N–H and O–H groups in total. The van der Waals surface area contributed by atoms with Crippen molar-refractivity contribution in [3.63, 3.8) is 0 Å². The smallest absolute Gasteiger partial charge is 0.248 e. The van der Waals surface area contributed by atoms with Crippen molar-refractivity contribution >= 4 is 17.6 Å². The molecule has 1 saturated heterocycles. The number of para-hydroxylation sites is 1. The van der Waals surface area contributed by atoms with E-state index in [1.54, 1.807) is 0 Å². The molecule has 0 atom stereocenters.